The lowest BCUT2D eigenvalue weighted by Crippen LogP contribution is -2.17. The Labute approximate surface area is 154 Å². The number of aromatic nitrogens is 2. The highest BCUT2D eigenvalue weighted by atomic mass is 79.9. The molecule has 1 N–H and O–H groups in total. The molecule has 5 nitrogen and oxygen atoms in total. The number of halogens is 4. The maximum Gasteiger partial charge on any atom is 0.573 e. The molecule has 0 unspecified atom stereocenters. The Morgan fingerprint density at radius 1 is 1.31 bits per heavy atom. The highest BCUT2D eigenvalue weighted by molar-refractivity contribution is 9.10. The Morgan fingerprint density at radius 3 is 2.62 bits per heavy atom. The molecule has 9 heteroatoms. The van der Waals surface area contributed by atoms with E-state index in [0.29, 0.717) is 21.5 Å². The fourth-order valence-corrected chi connectivity index (χ4v) is 2.83. The van der Waals surface area contributed by atoms with Gasteiger partial charge in [-0.15, -0.1) is 13.2 Å². The summed E-state index contributed by atoms with van der Waals surface area (Å²) in [6.07, 6.45) is -0.377. The van der Waals surface area contributed by atoms with Gasteiger partial charge in [0.1, 0.15) is 11.4 Å². The van der Waals surface area contributed by atoms with Crippen LogP contribution >= 0.6 is 15.9 Å². The second-order valence-electron chi connectivity index (χ2n) is 5.18. The van der Waals surface area contributed by atoms with E-state index in [4.69, 9.17) is 0 Å². The van der Waals surface area contributed by atoms with Gasteiger partial charge in [0.15, 0.2) is 0 Å². The number of hydrogen-bond acceptors (Lipinski definition) is 3. The minimum absolute atomic E-state index is 0.306. The van der Waals surface area contributed by atoms with E-state index in [2.05, 4.69) is 37.5 Å². The van der Waals surface area contributed by atoms with Gasteiger partial charge in [0.25, 0.3) is 0 Å². The number of anilines is 1. The first-order chi connectivity index (χ1) is 12.3. The molecule has 2 heterocycles. The van der Waals surface area contributed by atoms with E-state index in [-0.39, 0.29) is 11.7 Å². The molecule has 134 valence electrons. The quantitative estimate of drug-likeness (QED) is 0.610. The van der Waals surface area contributed by atoms with Crippen LogP contribution in [-0.4, -0.2) is 21.8 Å². The van der Waals surface area contributed by atoms with Crippen molar-refractivity contribution in [2.45, 2.75) is 6.36 Å². The number of carbonyl (C=O) groups excluding carboxylic acids is 1. The van der Waals surface area contributed by atoms with Gasteiger partial charge in [-0.25, -0.2) is 4.98 Å². The summed E-state index contributed by atoms with van der Waals surface area (Å²) in [5, 5.41) is 3.34. The molecule has 3 rings (SSSR count). The maximum absolute atomic E-state index is 12.3. The zero-order valence-corrected chi connectivity index (χ0v) is 14.6. The zero-order chi connectivity index (χ0) is 18.9. The first kappa shape index (κ1) is 18.0. The molecule has 0 radical (unpaired) electrons. The monoisotopic (exact) mass is 425 g/mol. The van der Waals surface area contributed by atoms with Crippen molar-refractivity contribution in [1.82, 2.24) is 9.55 Å². The highest BCUT2D eigenvalue weighted by Crippen LogP contribution is 2.30. The number of rotatable bonds is 4. The fourth-order valence-electron chi connectivity index (χ4n) is 2.34. The Hall–Kier alpha value is -2.81. The lowest BCUT2D eigenvalue weighted by Gasteiger charge is -2.10. The van der Waals surface area contributed by atoms with Crippen molar-refractivity contribution in [3.63, 3.8) is 0 Å². The smallest absolute Gasteiger partial charge is 0.406 e. The topological polar surface area (TPSA) is 56.2 Å². The van der Waals surface area contributed by atoms with Gasteiger partial charge in [-0.1, -0.05) is 6.58 Å². The molecule has 0 saturated carbocycles. The highest BCUT2D eigenvalue weighted by Gasteiger charge is 2.31. The van der Waals surface area contributed by atoms with Gasteiger partial charge in [0, 0.05) is 21.7 Å². The number of fused-ring (bicyclic) bond motifs is 1. The predicted octanol–water partition coefficient (Wildman–Crippen LogP) is 4.81. The molecule has 26 heavy (non-hydrogen) atoms. The van der Waals surface area contributed by atoms with Gasteiger partial charge in [-0.05, 0) is 52.3 Å². The van der Waals surface area contributed by atoms with E-state index in [1.807, 2.05) is 0 Å². The van der Waals surface area contributed by atoms with E-state index < -0.39 is 6.36 Å². The van der Waals surface area contributed by atoms with E-state index in [1.165, 1.54) is 30.5 Å². The average Bonchev–Trinajstić information content (AvgIpc) is 2.90. The Balaban J connectivity index is 1.95. The third-order valence-corrected chi connectivity index (χ3v) is 4.03. The number of pyridine rings is 1. The number of nitrogens with one attached hydrogen (secondary N) is 1. The fraction of sp³-hybridized carbons (Fsp3) is 0.0588. The summed E-state index contributed by atoms with van der Waals surface area (Å²) in [5.41, 5.74) is 1.67. The Bertz CT molecular complexity index is 981. The van der Waals surface area contributed by atoms with Crippen molar-refractivity contribution in [1.29, 1.82) is 0 Å². The SMILES string of the molecule is C=CC(=O)Nc1cnc2c(c1)c(Br)cn2-c1ccc(OC(F)(F)F)cc1. The van der Waals surface area contributed by atoms with Crippen LogP contribution in [-0.2, 0) is 4.79 Å². The van der Waals surface area contributed by atoms with Crippen LogP contribution in [0.15, 0.2) is 59.9 Å². The first-order valence-electron chi connectivity index (χ1n) is 7.23. The standard InChI is InChI=1S/C17H11BrF3N3O2/c1-2-15(25)23-10-7-13-14(18)9-24(16(13)22-8-10)11-3-5-12(6-4-11)26-17(19,20)21/h2-9H,1H2,(H,23,25). The summed E-state index contributed by atoms with van der Waals surface area (Å²) >= 11 is 3.42. The molecule has 0 aliphatic rings. The molecule has 0 spiro atoms. The van der Waals surface area contributed by atoms with Gasteiger partial charge >= 0.3 is 6.36 Å². The first-order valence-corrected chi connectivity index (χ1v) is 8.02. The van der Waals surface area contributed by atoms with Crippen molar-refractivity contribution in [3.05, 3.63) is 59.9 Å². The van der Waals surface area contributed by atoms with E-state index >= 15 is 0 Å². The second-order valence-corrected chi connectivity index (χ2v) is 6.03. The van der Waals surface area contributed by atoms with Gasteiger partial charge < -0.3 is 14.6 Å². The van der Waals surface area contributed by atoms with Crippen LogP contribution in [0, 0.1) is 0 Å². The van der Waals surface area contributed by atoms with Crippen LogP contribution in [0.2, 0.25) is 0 Å². The molecule has 2 aromatic heterocycles. The van der Waals surface area contributed by atoms with Crippen molar-refractivity contribution in [2.24, 2.45) is 0 Å². The summed E-state index contributed by atoms with van der Waals surface area (Å²) in [6.45, 7) is 3.38. The van der Waals surface area contributed by atoms with Crippen LogP contribution in [0.3, 0.4) is 0 Å². The van der Waals surface area contributed by atoms with Crippen molar-refractivity contribution in [3.8, 4) is 11.4 Å². The molecule has 1 aromatic carbocycles. The van der Waals surface area contributed by atoms with Crippen LogP contribution in [0.5, 0.6) is 5.75 Å². The summed E-state index contributed by atoms with van der Waals surface area (Å²) in [7, 11) is 0. The number of hydrogen-bond donors (Lipinski definition) is 1. The average molecular weight is 426 g/mol. The molecule has 0 saturated heterocycles. The number of carbonyl (C=O) groups is 1. The van der Waals surface area contributed by atoms with Crippen LogP contribution in [0.25, 0.3) is 16.7 Å². The molecule has 0 aliphatic carbocycles. The second kappa shape index (κ2) is 6.83. The summed E-state index contributed by atoms with van der Waals surface area (Å²) < 4.78 is 43.0. The minimum Gasteiger partial charge on any atom is -0.406 e. The molecular weight excluding hydrogens is 415 g/mol. The molecule has 0 bridgehead atoms. The lowest BCUT2D eigenvalue weighted by atomic mass is 10.3. The third kappa shape index (κ3) is 3.88. The number of benzene rings is 1. The van der Waals surface area contributed by atoms with Crippen LogP contribution < -0.4 is 10.1 Å². The molecule has 0 atom stereocenters. The van der Waals surface area contributed by atoms with E-state index in [1.54, 1.807) is 16.8 Å². The molecular formula is C17H11BrF3N3O2. The van der Waals surface area contributed by atoms with E-state index in [0.717, 1.165) is 11.5 Å². The summed E-state index contributed by atoms with van der Waals surface area (Å²) in [4.78, 5) is 15.7. The number of nitrogens with zero attached hydrogens (tertiary/aromatic N) is 2. The molecule has 0 aliphatic heterocycles. The van der Waals surface area contributed by atoms with Crippen LogP contribution in [0.4, 0.5) is 18.9 Å². The van der Waals surface area contributed by atoms with Gasteiger partial charge in [-0.2, -0.15) is 0 Å². The van der Waals surface area contributed by atoms with Gasteiger partial charge in [0.05, 0.1) is 11.9 Å². The summed E-state index contributed by atoms with van der Waals surface area (Å²) in [6, 6.07) is 7.15. The molecule has 3 aromatic rings. The third-order valence-electron chi connectivity index (χ3n) is 3.40. The van der Waals surface area contributed by atoms with Gasteiger partial charge in [-0.3, -0.25) is 4.79 Å². The number of amides is 1. The zero-order valence-electron chi connectivity index (χ0n) is 13.0. The molecule has 0 fully saturated rings. The Morgan fingerprint density at radius 2 is 2.00 bits per heavy atom. The Kier molecular flexibility index (Phi) is 4.73. The molecule has 1 amide bonds. The van der Waals surface area contributed by atoms with Crippen molar-refractivity contribution in [2.75, 3.05) is 5.32 Å². The van der Waals surface area contributed by atoms with Crippen LogP contribution in [0.1, 0.15) is 0 Å². The largest absolute Gasteiger partial charge is 0.573 e. The normalized spacial score (nSPS) is 11.4. The predicted molar refractivity (Wildman–Crippen MR) is 94.3 cm³/mol. The lowest BCUT2D eigenvalue weighted by molar-refractivity contribution is -0.274. The van der Waals surface area contributed by atoms with E-state index in [9.17, 15) is 18.0 Å². The summed E-state index contributed by atoms with van der Waals surface area (Å²) in [5.74, 6) is -0.666. The minimum atomic E-state index is -4.74. The van der Waals surface area contributed by atoms with Crippen molar-refractivity contribution < 1.29 is 22.7 Å². The van der Waals surface area contributed by atoms with Gasteiger partial charge in [0.2, 0.25) is 5.91 Å². The van der Waals surface area contributed by atoms with Crippen molar-refractivity contribution >= 4 is 38.6 Å². The maximum atomic E-state index is 12.3. The number of alkyl halides is 3. The number of ether oxygens (including phenoxy) is 1.